The number of amidine groups is 1. The number of anilines is 1. The van der Waals surface area contributed by atoms with Crippen LogP contribution in [0.3, 0.4) is 0 Å². The quantitative estimate of drug-likeness (QED) is 0.114. The standard InChI is InChI=1S/C52H46N6O2S2/c1-5-7-20-33(6-2)49(59)57-47-45(51-55-37-26-14-16-28-41(37)61-51)43(34-21-10-8-11-22-34)39(53-47)30-40-44(35-23-12-9-13-24-35)46(52-56-38-27-15-17-29-42(38)62-52)48(54-40)58-50(60)36-25-18-19-31(3)32(36)4/h8-19,21-30,33,53H,5-7,20H2,1-4H3,(H,57,59)(H,54,58,60). The molecule has 0 saturated carbocycles. The minimum Gasteiger partial charge on any atom is -0.341 e. The van der Waals surface area contributed by atoms with E-state index in [1.165, 1.54) is 0 Å². The number of para-hydroxylation sites is 2. The summed E-state index contributed by atoms with van der Waals surface area (Å²) in [5, 5.41) is 8.12. The van der Waals surface area contributed by atoms with Gasteiger partial charge in [0.15, 0.2) is 0 Å². The van der Waals surface area contributed by atoms with Gasteiger partial charge in [0.2, 0.25) is 5.91 Å². The molecule has 9 rings (SSSR count). The third kappa shape index (κ3) is 7.95. The Morgan fingerprint density at radius 1 is 0.694 bits per heavy atom. The van der Waals surface area contributed by atoms with Gasteiger partial charge in [-0.1, -0.05) is 124 Å². The van der Waals surface area contributed by atoms with Gasteiger partial charge >= 0.3 is 0 Å². The largest absolute Gasteiger partial charge is 0.341 e. The third-order valence-corrected chi connectivity index (χ3v) is 13.6. The molecule has 1 unspecified atom stereocenters. The summed E-state index contributed by atoms with van der Waals surface area (Å²) in [6, 6.07) is 42.3. The molecule has 2 amide bonds. The van der Waals surface area contributed by atoms with Crippen molar-refractivity contribution in [1.29, 1.82) is 0 Å². The highest BCUT2D eigenvalue weighted by Crippen LogP contribution is 2.47. The molecular formula is C52H46N6O2S2. The Balaban J connectivity index is 1.30. The molecule has 0 saturated heterocycles. The first kappa shape index (κ1) is 40.6. The van der Waals surface area contributed by atoms with Crippen LogP contribution in [-0.4, -0.2) is 32.6 Å². The van der Waals surface area contributed by atoms with Gasteiger partial charge in [-0.05, 0) is 85.4 Å². The molecule has 0 radical (unpaired) electrons. The van der Waals surface area contributed by atoms with Crippen molar-refractivity contribution < 1.29 is 9.59 Å². The summed E-state index contributed by atoms with van der Waals surface area (Å²) in [4.78, 5) is 47.8. The number of carbonyl (C=O) groups is 2. The summed E-state index contributed by atoms with van der Waals surface area (Å²) < 4.78 is 2.08. The number of aromatic nitrogens is 3. The summed E-state index contributed by atoms with van der Waals surface area (Å²) >= 11 is 3.16. The number of allylic oxidation sites excluding steroid dienone is 1. The van der Waals surface area contributed by atoms with Crippen LogP contribution in [0.5, 0.6) is 0 Å². The molecule has 3 aromatic heterocycles. The average Bonchev–Trinajstić information content (AvgIpc) is 4.08. The van der Waals surface area contributed by atoms with Gasteiger partial charge in [-0.25, -0.2) is 15.0 Å². The van der Waals surface area contributed by atoms with E-state index < -0.39 is 0 Å². The van der Waals surface area contributed by atoms with Crippen LogP contribution in [0.1, 0.15) is 77.3 Å². The van der Waals surface area contributed by atoms with Crippen LogP contribution in [0.2, 0.25) is 0 Å². The van der Waals surface area contributed by atoms with E-state index in [1.54, 1.807) is 22.7 Å². The predicted octanol–water partition coefficient (Wildman–Crippen LogP) is 13.1. The van der Waals surface area contributed by atoms with Crippen LogP contribution in [0.4, 0.5) is 5.82 Å². The highest BCUT2D eigenvalue weighted by molar-refractivity contribution is 7.21. The maximum Gasteiger partial charge on any atom is 0.257 e. The molecule has 5 aromatic carbocycles. The number of hydrogen-bond donors (Lipinski definition) is 3. The minimum absolute atomic E-state index is 0.0262. The van der Waals surface area contributed by atoms with Crippen molar-refractivity contribution in [2.45, 2.75) is 53.4 Å². The van der Waals surface area contributed by atoms with Gasteiger partial charge in [-0.2, -0.15) is 0 Å². The molecule has 4 heterocycles. The predicted molar refractivity (Wildman–Crippen MR) is 258 cm³/mol. The average molecular weight is 851 g/mol. The molecule has 308 valence electrons. The lowest BCUT2D eigenvalue weighted by Crippen LogP contribution is -2.31. The summed E-state index contributed by atoms with van der Waals surface area (Å²) in [5.41, 5.74) is 10.8. The zero-order chi connectivity index (χ0) is 42.7. The number of benzene rings is 5. The summed E-state index contributed by atoms with van der Waals surface area (Å²) in [5.74, 6) is 0.571. The van der Waals surface area contributed by atoms with Crippen molar-refractivity contribution in [2.24, 2.45) is 10.9 Å². The first-order valence-corrected chi connectivity index (χ1v) is 22.8. The van der Waals surface area contributed by atoms with Crippen LogP contribution in [0, 0.1) is 19.8 Å². The monoisotopic (exact) mass is 850 g/mol. The molecule has 1 aliphatic heterocycles. The first-order valence-electron chi connectivity index (χ1n) is 21.1. The van der Waals surface area contributed by atoms with E-state index in [2.05, 4.69) is 65.9 Å². The second-order valence-corrected chi connectivity index (χ2v) is 17.6. The third-order valence-electron chi connectivity index (χ3n) is 11.5. The highest BCUT2D eigenvalue weighted by Gasteiger charge is 2.32. The van der Waals surface area contributed by atoms with Crippen molar-refractivity contribution in [2.75, 3.05) is 5.32 Å². The smallest absolute Gasteiger partial charge is 0.257 e. The van der Waals surface area contributed by atoms with E-state index in [0.29, 0.717) is 22.9 Å². The van der Waals surface area contributed by atoms with E-state index in [4.69, 9.17) is 15.0 Å². The van der Waals surface area contributed by atoms with Crippen LogP contribution in [0.15, 0.2) is 138 Å². The number of thiazole rings is 2. The van der Waals surface area contributed by atoms with Crippen LogP contribution in [-0.2, 0) is 4.79 Å². The SMILES string of the molecule is CCCCC(CC)C(=O)Nc1[nH]c(C=C2N=C(NC(=O)c3cccc(C)c3C)C(c3nc4ccccc4s3)=C2c2ccccc2)c(-c2ccccc2)c1-c1nc2ccccc2s1. The number of hydrogen-bond acceptors (Lipinski definition) is 7. The molecule has 0 bridgehead atoms. The number of fused-ring (bicyclic) bond motifs is 2. The lowest BCUT2D eigenvalue weighted by molar-refractivity contribution is -0.120. The normalized spacial score (nSPS) is 13.9. The van der Waals surface area contributed by atoms with Crippen molar-refractivity contribution in [3.8, 4) is 21.7 Å². The van der Waals surface area contributed by atoms with Crippen molar-refractivity contribution in [1.82, 2.24) is 20.3 Å². The molecular weight excluding hydrogens is 805 g/mol. The molecule has 0 fully saturated rings. The van der Waals surface area contributed by atoms with Crippen molar-refractivity contribution in [3.05, 3.63) is 166 Å². The lowest BCUT2D eigenvalue weighted by Gasteiger charge is -2.15. The highest BCUT2D eigenvalue weighted by atomic mass is 32.1. The van der Waals surface area contributed by atoms with E-state index >= 15 is 0 Å². The molecule has 1 aliphatic rings. The lowest BCUT2D eigenvalue weighted by atomic mass is 9.96. The first-order chi connectivity index (χ1) is 30.3. The summed E-state index contributed by atoms with van der Waals surface area (Å²) in [6.07, 6.45) is 5.57. The Hall–Kier alpha value is -6.75. The van der Waals surface area contributed by atoms with E-state index in [9.17, 15) is 9.59 Å². The maximum atomic E-state index is 14.3. The summed E-state index contributed by atoms with van der Waals surface area (Å²) in [6.45, 7) is 8.20. The zero-order valence-electron chi connectivity index (χ0n) is 35.1. The zero-order valence-corrected chi connectivity index (χ0v) is 36.7. The fraction of sp³-hybridized carbons (Fsp3) is 0.173. The fourth-order valence-electron chi connectivity index (χ4n) is 8.08. The molecule has 0 aliphatic carbocycles. The second-order valence-electron chi connectivity index (χ2n) is 15.5. The van der Waals surface area contributed by atoms with Gasteiger partial charge < -0.3 is 15.6 Å². The number of carbonyl (C=O) groups excluding carboxylic acids is 2. The number of amides is 2. The topological polar surface area (TPSA) is 112 Å². The molecule has 1 atom stereocenters. The van der Waals surface area contributed by atoms with Crippen molar-refractivity contribution >= 4 is 83.8 Å². The number of nitrogens with zero attached hydrogens (tertiary/aromatic N) is 3. The maximum absolute atomic E-state index is 14.3. The molecule has 8 aromatic rings. The number of aromatic amines is 1. The van der Waals surface area contributed by atoms with Crippen LogP contribution < -0.4 is 10.6 Å². The number of unbranched alkanes of at least 4 members (excludes halogenated alkanes) is 1. The number of H-pyrrole nitrogens is 1. The van der Waals surface area contributed by atoms with Gasteiger partial charge in [-0.3, -0.25) is 9.59 Å². The minimum atomic E-state index is -0.251. The van der Waals surface area contributed by atoms with Gasteiger partial charge in [0.05, 0.1) is 43.0 Å². The molecule has 8 nitrogen and oxygen atoms in total. The fourth-order valence-corrected chi connectivity index (χ4v) is 10.1. The van der Waals surface area contributed by atoms with E-state index in [1.807, 2.05) is 111 Å². The molecule has 3 N–H and O–H groups in total. The van der Waals surface area contributed by atoms with E-state index in [-0.39, 0.29) is 17.7 Å². The molecule has 62 heavy (non-hydrogen) atoms. The number of aryl methyl sites for hydroxylation is 1. The van der Waals surface area contributed by atoms with Crippen molar-refractivity contribution in [3.63, 3.8) is 0 Å². The van der Waals surface area contributed by atoms with Gasteiger partial charge in [-0.15, -0.1) is 22.7 Å². The van der Waals surface area contributed by atoms with E-state index in [0.717, 1.165) is 106 Å². The number of aliphatic imine (C=N–C) groups is 1. The Morgan fingerprint density at radius 2 is 1.32 bits per heavy atom. The molecule has 10 heteroatoms. The van der Waals surface area contributed by atoms with Gasteiger partial charge in [0.25, 0.3) is 5.91 Å². The van der Waals surface area contributed by atoms with Gasteiger partial charge in [0, 0.05) is 22.6 Å². The Labute approximate surface area is 369 Å². The molecule has 0 spiro atoms. The Kier molecular flexibility index (Phi) is 11.6. The van der Waals surface area contributed by atoms with Crippen LogP contribution >= 0.6 is 22.7 Å². The Bertz CT molecular complexity index is 3000. The number of rotatable bonds is 12. The van der Waals surface area contributed by atoms with Gasteiger partial charge in [0.1, 0.15) is 21.7 Å². The van der Waals surface area contributed by atoms with Crippen LogP contribution in [0.25, 0.3) is 59.4 Å². The number of nitrogens with one attached hydrogen (secondary N) is 3. The Morgan fingerprint density at radius 3 is 1.98 bits per heavy atom. The summed E-state index contributed by atoms with van der Waals surface area (Å²) in [7, 11) is 0. The second kappa shape index (κ2) is 17.7.